The van der Waals surface area contributed by atoms with Crippen LogP contribution in [0.5, 0.6) is 0 Å². The fraction of sp³-hybridized carbons (Fsp3) is 0.0833. The van der Waals surface area contributed by atoms with Crippen LogP contribution in [0.1, 0.15) is 5.56 Å². The van der Waals surface area contributed by atoms with E-state index in [1.165, 1.54) is 11.9 Å². The molecular formula is C12H10IN5. The van der Waals surface area contributed by atoms with Crippen molar-refractivity contribution in [3.05, 3.63) is 46.2 Å². The minimum atomic E-state index is 0.526. The molecule has 0 aliphatic heterocycles. The van der Waals surface area contributed by atoms with E-state index >= 15 is 0 Å². The Labute approximate surface area is 117 Å². The summed E-state index contributed by atoms with van der Waals surface area (Å²) in [6.45, 7) is 0.748. The predicted molar refractivity (Wildman–Crippen MR) is 78.0 cm³/mol. The van der Waals surface area contributed by atoms with Gasteiger partial charge < -0.3 is 10.3 Å². The van der Waals surface area contributed by atoms with E-state index in [1.807, 2.05) is 18.3 Å². The van der Waals surface area contributed by atoms with Crippen LogP contribution in [-0.2, 0) is 6.54 Å². The Kier molecular flexibility index (Phi) is 2.86. The number of nitrogen functional groups attached to an aromatic ring is 1. The van der Waals surface area contributed by atoms with Gasteiger partial charge in [-0.2, -0.15) is 0 Å². The van der Waals surface area contributed by atoms with Crippen molar-refractivity contribution in [2.24, 2.45) is 0 Å². The average Bonchev–Trinajstić information content (AvgIpc) is 2.69. The van der Waals surface area contributed by atoms with E-state index in [9.17, 15) is 0 Å². The van der Waals surface area contributed by atoms with Crippen LogP contribution in [0.25, 0.3) is 11.0 Å². The van der Waals surface area contributed by atoms with Gasteiger partial charge in [-0.05, 0) is 40.3 Å². The zero-order chi connectivity index (χ0) is 12.5. The zero-order valence-electron chi connectivity index (χ0n) is 9.42. The summed E-state index contributed by atoms with van der Waals surface area (Å²) < 4.78 is 3.14. The molecule has 0 atom stereocenters. The molecule has 0 fully saturated rings. The highest BCUT2D eigenvalue weighted by atomic mass is 127. The summed E-state index contributed by atoms with van der Waals surface area (Å²) in [6, 6.07) is 3.98. The van der Waals surface area contributed by atoms with Crippen molar-refractivity contribution in [2.75, 3.05) is 5.73 Å². The zero-order valence-corrected chi connectivity index (χ0v) is 11.6. The number of aromatic nitrogens is 4. The fourth-order valence-corrected chi connectivity index (χ4v) is 2.76. The van der Waals surface area contributed by atoms with Crippen molar-refractivity contribution in [1.82, 2.24) is 19.5 Å². The third-order valence-corrected chi connectivity index (χ3v) is 3.56. The summed E-state index contributed by atoms with van der Waals surface area (Å²) in [4.78, 5) is 12.3. The van der Waals surface area contributed by atoms with E-state index in [-0.39, 0.29) is 0 Å². The molecule has 0 radical (unpaired) electrons. The Morgan fingerprint density at radius 1 is 1.22 bits per heavy atom. The van der Waals surface area contributed by atoms with E-state index in [0.29, 0.717) is 5.82 Å². The minimum Gasteiger partial charge on any atom is -0.383 e. The normalized spacial score (nSPS) is 10.9. The molecule has 0 aromatic carbocycles. The van der Waals surface area contributed by atoms with Gasteiger partial charge in [-0.25, -0.2) is 9.97 Å². The summed E-state index contributed by atoms with van der Waals surface area (Å²) in [6.07, 6.45) is 7.11. The number of rotatable bonds is 2. The third kappa shape index (κ3) is 1.92. The second kappa shape index (κ2) is 4.52. The van der Waals surface area contributed by atoms with Crippen molar-refractivity contribution in [3.8, 4) is 0 Å². The topological polar surface area (TPSA) is 69.6 Å². The van der Waals surface area contributed by atoms with Gasteiger partial charge in [0.25, 0.3) is 0 Å². The maximum Gasteiger partial charge on any atom is 0.146 e. The first-order valence-electron chi connectivity index (χ1n) is 5.39. The number of nitrogens with two attached hydrogens (primary N) is 1. The minimum absolute atomic E-state index is 0.526. The molecule has 18 heavy (non-hydrogen) atoms. The lowest BCUT2D eigenvalue weighted by Gasteiger charge is -2.04. The molecule has 3 rings (SSSR count). The summed E-state index contributed by atoms with van der Waals surface area (Å²) in [7, 11) is 0. The lowest BCUT2D eigenvalue weighted by molar-refractivity contribution is 0.820. The maximum atomic E-state index is 5.88. The van der Waals surface area contributed by atoms with Gasteiger partial charge in [-0.1, -0.05) is 0 Å². The molecule has 3 aromatic heterocycles. The van der Waals surface area contributed by atoms with Crippen LogP contribution in [0, 0.1) is 3.57 Å². The number of halogens is 1. The highest BCUT2D eigenvalue weighted by Gasteiger charge is 2.11. The van der Waals surface area contributed by atoms with Crippen LogP contribution >= 0.6 is 22.6 Å². The number of hydrogen-bond donors (Lipinski definition) is 1. The molecule has 0 aliphatic rings. The molecule has 0 spiro atoms. The smallest absolute Gasteiger partial charge is 0.146 e. The Morgan fingerprint density at radius 3 is 2.78 bits per heavy atom. The lowest BCUT2D eigenvalue weighted by Crippen LogP contribution is -2.00. The quantitative estimate of drug-likeness (QED) is 0.718. The van der Waals surface area contributed by atoms with Crippen molar-refractivity contribution < 1.29 is 0 Å². The monoisotopic (exact) mass is 351 g/mol. The molecule has 5 nitrogen and oxygen atoms in total. The summed E-state index contributed by atoms with van der Waals surface area (Å²) in [5.74, 6) is 0.526. The van der Waals surface area contributed by atoms with Crippen LogP contribution in [0.15, 0.2) is 37.1 Å². The van der Waals surface area contributed by atoms with Gasteiger partial charge in [0, 0.05) is 28.7 Å². The number of hydrogen-bond acceptors (Lipinski definition) is 4. The van der Waals surface area contributed by atoms with Gasteiger partial charge in [-0.15, -0.1) is 0 Å². The standard InChI is InChI=1S/C12H10IN5/c13-9-6-18(5-8-1-3-15-4-2-8)12-10(9)11(14)16-7-17-12/h1-4,6-7H,5H2,(H2,14,16,17). The Balaban J connectivity index is 2.11. The molecule has 90 valence electrons. The van der Waals surface area contributed by atoms with Crippen LogP contribution in [-0.4, -0.2) is 19.5 Å². The molecule has 2 N–H and O–H groups in total. The van der Waals surface area contributed by atoms with Crippen LogP contribution in [0.3, 0.4) is 0 Å². The van der Waals surface area contributed by atoms with Crippen molar-refractivity contribution >= 4 is 39.4 Å². The molecule has 3 aromatic rings. The lowest BCUT2D eigenvalue weighted by atomic mass is 10.3. The fourth-order valence-electron chi connectivity index (χ4n) is 1.90. The van der Waals surface area contributed by atoms with Crippen molar-refractivity contribution in [1.29, 1.82) is 0 Å². The summed E-state index contributed by atoms with van der Waals surface area (Å²) in [5.41, 5.74) is 7.93. The van der Waals surface area contributed by atoms with Crippen molar-refractivity contribution in [2.45, 2.75) is 6.54 Å². The predicted octanol–water partition coefficient (Wildman–Crippen LogP) is 2.06. The molecule has 0 amide bonds. The molecule has 3 heterocycles. The largest absolute Gasteiger partial charge is 0.383 e. The first-order chi connectivity index (χ1) is 8.75. The van der Waals surface area contributed by atoms with Gasteiger partial charge >= 0.3 is 0 Å². The summed E-state index contributed by atoms with van der Waals surface area (Å²) >= 11 is 2.25. The Bertz CT molecular complexity index is 692. The first-order valence-corrected chi connectivity index (χ1v) is 6.47. The second-order valence-electron chi connectivity index (χ2n) is 3.92. The summed E-state index contributed by atoms with van der Waals surface area (Å²) in [5, 5.41) is 0.923. The average molecular weight is 351 g/mol. The number of fused-ring (bicyclic) bond motifs is 1. The molecule has 0 aliphatic carbocycles. The highest BCUT2D eigenvalue weighted by molar-refractivity contribution is 14.1. The van der Waals surface area contributed by atoms with Crippen molar-refractivity contribution in [3.63, 3.8) is 0 Å². The van der Waals surface area contributed by atoms with Crippen LogP contribution in [0.2, 0.25) is 0 Å². The van der Waals surface area contributed by atoms with Gasteiger partial charge in [-0.3, -0.25) is 4.98 Å². The number of pyridine rings is 1. The van der Waals surface area contributed by atoms with E-state index in [2.05, 4.69) is 42.1 Å². The first kappa shape index (κ1) is 11.4. The highest BCUT2D eigenvalue weighted by Crippen LogP contribution is 2.25. The number of anilines is 1. The van der Waals surface area contributed by atoms with Gasteiger partial charge in [0.05, 0.1) is 5.39 Å². The maximum absolute atomic E-state index is 5.88. The van der Waals surface area contributed by atoms with Gasteiger partial charge in [0.15, 0.2) is 0 Å². The Hall–Kier alpha value is -1.70. The van der Waals surface area contributed by atoms with E-state index in [0.717, 1.165) is 21.1 Å². The van der Waals surface area contributed by atoms with Crippen LogP contribution in [0.4, 0.5) is 5.82 Å². The number of nitrogens with zero attached hydrogens (tertiary/aromatic N) is 4. The van der Waals surface area contributed by atoms with Gasteiger partial charge in [0.1, 0.15) is 17.8 Å². The molecule has 0 saturated heterocycles. The molecule has 0 saturated carbocycles. The van der Waals surface area contributed by atoms with Crippen LogP contribution < -0.4 is 5.73 Å². The Morgan fingerprint density at radius 2 is 2.00 bits per heavy atom. The molecule has 6 heteroatoms. The molecule has 0 unspecified atom stereocenters. The van der Waals surface area contributed by atoms with E-state index < -0.39 is 0 Å². The second-order valence-corrected chi connectivity index (χ2v) is 5.08. The SMILES string of the molecule is Nc1ncnc2c1c(I)cn2Cc1ccncc1. The van der Waals surface area contributed by atoms with E-state index in [4.69, 9.17) is 5.73 Å². The van der Waals surface area contributed by atoms with E-state index in [1.54, 1.807) is 12.4 Å². The molecular weight excluding hydrogens is 341 g/mol. The molecule has 0 bridgehead atoms. The van der Waals surface area contributed by atoms with Gasteiger partial charge in [0.2, 0.25) is 0 Å². The third-order valence-electron chi connectivity index (χ3n) is 2.74.